The molecule has 0 spiro atoms. The van der Waals surface area contributed by atoms with Gasteiger partial charge in [-0.1, -0.05) is 17.2 Å². The monoisotopic (exact) mass is 274 g/mol. The van der Waals surface area contributed by atoms with Crippen molar-refractivity contribution in [2.24, 2.45) is 0 Å². The van der Waals surface area contributed by atoms with E-state index in [-0.39, 0.29) is 18.1 Å². The van der Waals surface area contributed by atoms with Gasteiger partial charge in [-0.3, -0.25) is 0 Å². The lowest BCUT2D eigenvalue weighted by molar-refractivity contribution is 0.0693. The van der Waals surface area contributed by atoms with Gasteiger partial charge in [-0.25, -0.2) is 4.79 Å². The fraction of sp³-hybridized carbons (Fsp3) is 0.286. The maximum Gasteiger partial charge on any atom is 0.336 e. The molecule has 2 aromatic rings. The van der Waals surface area contributed by atoms with Crippen LogP contribution in [0.5, 0.6) is 5.88 Å². The first-order chi connectivity index (χ1) is 9.65. The molecule has 1 aliphatic carbocycles. The van der Waals surface area contributed by atoms with E-state index in [2.05, 4.69) is 5.10 Å². The summed E-state index contributed by atoms with van der Waals surface area (Å²) in [4.78, 5) is 12.0. The third-order valence-corrected chi connectivity index (χ3v) is 3.38. The molecule has 1 fully saturated rings. The predicted molar refractivity (Wildman–Crippen MR) is 69.1 cm³/mol. The van der Waals surface area contributed by atoms with Crippen LogP contribution in [-0.2, 0) is 6.61 Å². The molecule has 6 nitrogen and oxygen atoms in total. The van der Waals surface area contributed by atoms with Gasteiger partial charge in [0, 0.05) is 11.6 Å². The Morgan fingerprint density at radius 2 is 2.20 bits per heavy atom. The van der Waals surface area contributed by atoms with Crippen LogP contribution in [0.1, 0.15) is 40.2 Å². The number of carboxylic acids is 1. The number of benzene rings is 1. The molecule has 1 aromatic heterocycles. The highest BCUT2D eigenvalue weighted by molar-refractivity contribution is 5.89. The molecule has 1 heterocycles. The highest BCUT2D eigenvalue weighted by atomic mass is 16.5. The molecule has 20 heavy (non-hydrogen) atoms. The Labute approximate surface area is 115 Å². The molecule has 1 aromatic carbocycles. The van der Waals surface area contributed by atoms with Gasteiger partial charge in [0.2, 0.25) is 5.88 Å². The zero-order valence-electron chi connectivity index (χ0n) is 10.7. The van der Waals surface area contributed by atoms with Crippen molar-refractivity contribution < 1.29 is 19.8 Å². The van der Waals surface area contributed by atoms with E-state index in [1.54, 1.807) is 12.1 Å². The van der Waals surface area contributed by atoms with E-state index in [1.165, 1.54) is 12.3 Å². The summed E-state index contributed by atoms with van der Waals surface area (Å²) in [5, 5.41) is 22.0. The van der Waals surface area contributed by atoms with E-state index >= 15 is 0 Å². The molecule has 3 rings (SSSR count). The van der Waals surface area contributed by atoms with Crippen LogP contribution in [0.3, 0.4) is 0 Å². The summed E-state index contributed by atoms with van der Waals surface area (Å²) in [5.74, 6) is -0.267. The summed E-state index contributed by atoms with van der Waals surface area (Å²) in [6.07, 6.45) is 3.52. The standard InChI is InChI=1S/C14H14N2O4/c17-14(18)11-3-1-2-10(9-4-5-9)12(11)8-20-13-6-7-16(19)15-13/h1-3,6-7,9,19H,4-5,8H2,(H,17,18). The van der Waals surface area contributed by atoms with Crippen molar-refractivity contribution in [1.82, 2.24) is 9.94 Å². The Morgan fingerprint density at radius 3 is 2.80 bits per heavy atom. The van der Waals surface area contributed by atoms with Crippen LogP contribution in [0.2, 0.25) is 0 Å². The van der Waals surface area contributed by atoms with Crippen molar-refractivity contribution in [2.75, 3.05) is 0 Å². The van der Waals surface area contributed by atoms with Gasteiger partial charge in [0.15, 0.2) is 0 Å². The largest absolute Gasteiger partial charge is 0.478 e. The number of ether oxygens (including phenoxy) is 1. The minimum atomic E-state index is -0.959. The lowest BCUT2D eigenvalue weighted by Crippen LogP contribution is -2.09. The quantitative estimate of drug-likeness (QED) is 0.817. The van der Waals surface area contributed by atoms with Gasteiger partial charge in [0.1, 0.15) is 6.61 Å². The minimum Gasteiger partial charge on any atom is -0.478 e. The van der Waals surface area contributed by atoms with Gasteiger partial charge >= 0.3 is 5.97 Å². The van der Waals surface area contributed by atoms with Crippen molar-refractivity contribution >= 4 is 5.97 Å². The van der Waals surface area contributed by atoms with E-state index in [9.17, 15) is 9.90 Å². The lowest BCUT2D eigenvalue weighted by Gasteiger charge is -2.12. The van der Waals surface area contributed by atoms with Crippen molar-refractivity contribution in [3.63, 3.8) is 0 Å². The smallest absolute Gasteiger partial charge is 0.336 e. The van der Waals surface area contributed by atoms with E-state index in [4.69, 9.17) is 9.94 Å². The van der Waals surface area contributed by atoms with Crippen molar-refractivity contribution in [3.8, 4) is 5.88 Å². The maximum atomic E-state index is 11.3. The average Bonchev–Trinajstić information content (AvgIpc) is 3.19. The van der Waals surface area contributed by atoms with Crippen LogP contribution in [0.15, 0.2) is 30.5 Å². The SMILES string of the molecule is O=C(O)c1cccc(C2CC2)c1COc1ccn(O)n1. The van der Waals surface area contributed by atoms with Crippen LogP contribution in [0, 0.1) is 0 Å². The molecule has 1 aliphatic rings. The van der Waals surface area contributed by atoms with Gasteiger partial charge in [-0.15, -0.1) is 4.85 Å². The second-order valence-electron chi connectivity index (χ2n) is 4.82. The molecule has 0 radical (unpaired) electrons. The predicted octanol–water partition coefficient (Wildman–Crippen LogP) is 2.27. The number of aromatic carboxylic acids is 1. The highest BCUT2D eigenvalue weighted by Gasteiger charge is 2.28. The van der Waals surface area contributed by atoms with Crippen LogP contribution < -0.4 is 4.74 Å². The first kappa shape index (κ1) is 12.5. The average molecular weight is 274 g/mol. The lowest BCUT2D eigenvalue weighted by atomic mass is 9.98. The van der Waals surface area contributed by atoms with Crippen LogP contribution >= 0.6 is 0 Å². The number of hydrogen-bond donors (Lipinski definition) is 2. The fourth-order valence-corrected chi connectivity index (χ4v) is 2.26. The highest BCUT2D eigenvalue weighted by Crippen LogP contribution is 2.42. The Morgan fingerprint density at radius 1 is 1.40 bits per heavy atom. The first-order valence-corrected chi connectivity index (χ1v) is 6.38. The number of nitrogens with zero attached hydrogens (tertiary/aromatic N) is 2. The summed E-state index contributed by atoms with van der Waals surface area (Å²) >= 11 is 0. The van der Waals surface area contributed by atoms with Gasteiger partial charge in [-0.05, 0) is 30.4 Å². The third kappa shape index (κ3) is 2.45. The Kier molecular flexibility index (Phi) is 3.06. The molecule has 1 saturated carbocycles. The van der Waals surface area contributed by atoms with Gasteiger partial charge in [0.25, 0.3) is 0 Å². The molecule has 6 heteroatoms. The molecule has 0 atom stereocenters. The van der Waals surface area contributed by atoms with E-state index < -0.39 is 5.97 Å². The molecular formula is C14H14N2O4. The number of carbonyl (C=O) groups is 1. The van der Waals surface area contributed by atoms with Gasteiger partial charge in [-0.2, -0.15) is 0 Å². The van der Waals surface area contributed by atoms with E-state index in [1.807, 2.05) is 6.07 Å². The summed E-state index contributed by atoms with van der Waals surface area (Å²) in [5.41, 5.74) is 1.99. The second kappa shape index (κ2) is 4.88. The first-order valence-electron chi connectivity index (χ1n) is 6.38. The van der Waals surface area contributed by atoms with Crippen molar-refractivity contribution in [2.45, 2.75) is 25.4 Å². The third-order valence-electron chi connectivity index (χ3n) is 3.38. The molecule has 0 unspecified atom stereocenters. The normalized spacial score (nSPS) is 14.2. The zero-order valence-corrected chi connectivity index (χ0v) is 10.7. The van der Waals surface area contributed by atoms with Crippen LogP contribution in [0.4, 0.5) is 0 Å². The number of aromatic nitrogens is 2. The van der Waals surface area contributed by atoms with Crippen molar-refractivity contribution in [3.05, 3.63) is 47.2 Å². The van der Waals surface area contributed by atoms with E-state index in [0.717, 1.165) is 18.4 Å². The minimum absolute atomic E-state index is 0.130. The Bertz CT molecular complexity index is 646. The van der Waals surface area contributed by atoms with Gasteiger partial charge < -0.3 is 15.1 Å². The summed E-state index contributed by atoms with van der Waals surface area (Å²) in [6.45, 7) is 0.130. The number of hydrogen-bond acceptors (Lipinski definition) is 4. The molecule has 0 bridgehead atoms. The van der Waals surface area contributed by atoms with Crippen molar-refractivity contribution in [1.29, 1.82) is 0 Å². The molecule has 0 aliphatic heterocycles. The Balaban J connectivity index is 1.87. The molecular weight excluding hydrogens is 260 g/mol. The second-order valence-corrected chi connectivity index (χ2v) is 4.82. The summed E-state index contributed by atoms with van der Waals surface area (Å²) in [7, 11) is 0. The maximum absolute atomic E-state index is 11.3. The topological polar surface area (TPSA) is 84.6 Å². The molecule has 0 saturated heterocycles. The Hall–Kier alpha value is -2.50. The molecule has 2 N–H and O–H groups in total. The number of carboxylic acid groups (broad SMARTS) is 1. The zero-order chi connectivity index (χ0) is 14.1. The van der Waals surface area contributed by atoms with E-state index in [0.29, 0.717) is 16.3 Å². The molecule has 104 valence electrons. The van der Waals surface area contributed by atoms with Crippen LogP contribution in [0.25, 0.3) is 0 Å². The summed E-state index contributed by atoms with van der Waals surface area (Å²) in [6, 6.07) is 6.81. The number of rotatable bonds is 5. The van der Waals surface area contributed by atoms with Gasteiger partial charge in [0.05, 0.1) is 11.8 Å². The molecule has 0 amide bonds. The summed E-state index contributed by atoms with van der Waals surface area (Å²) < 4.78 is 5.47. The fourth-order valence-electron chi connectivity index (χ4n) is 2.26. The van der Waals surface area contributed by atoms with Crippen LogP contribution in [-0.4, -0.2) is 26.2 Å².